The van der Waals surface area contributed by atoms with Gasteiger partial charge >= 0.3 is 5.97 Å². The zero-order valence-corrected chi connectivity index (χ0v) is 25.3. The minimum atomic E-state index is -0.885. The molecule has 10 nitrogen and oxygen atoms in total. The van der Waals surface area contributed by atoms with E-state index in [1.807, 2.05) is 66.4 Å². The summed E-state index contributed by atoms with van der Waals surface area (Å²) in [6, 6.07) is 12.6. The molecule has 1 fully saturated rings. The average Bonchev–Trinajstić information content (AvgIpc) is 3.59. The van der Waals surface area contributed by atoms with E-state index in [9.17, 15) is 14.7 Å². The molecule has 2 aromatic rings. The monoisotopic (exact) mass is 583 g/mol. The zero-order chi connectivity index (χ0) is 30.1. The fourth-order valence-corrected chi connectivity index (χ4v) is 5.92. The van der Waals surface area contributed by atoms with Crippen molar-refractivity contribution in [3.05, 3.63) is 48.0 Å². The van der Waals surface area contributed by atoms with Gasteiger partial charge in [0.05, 0.1) is 26.2 Å². The van der Waals surface area contributed by atoms with E-state index < -0.39 is 17.9 Å². The van der Waals surface area contributed by atoms with Gasteiger partial charge in [-0.15, -0.1) is 0 Å². The maximum Gasteiger partial charge on any atom is 0.308 e. The molecule has 0 bridgehead atoms. The molecule has 1 amide bonds. The lowest BCUT2D eigenvalue weighted by Crippen LogP contribution is -2.45. The molecular formula is C32H45N3O7. The van der Waals surface area contributed by atoms with Gasteiger partial charge in [-0.05, 0) is 69.7 Å². The number of nitrogens with zero attached hydrogens (tertiary/aromatic N) is 3. The van der Waals surface area contributed by atoms with Crippen molar-refractivity contribution >= 4 is 11.9 Å². The van der Waals surface area contributed by atoms with Gasteiger partial charge in [-0.1, -0.05) is 31.5 Å². The SMILES string of the molecule is CCCCN(CCCN(C)C)C(=O)CN1C[C@H](c2ccc3c(c2)OCO3)C(C(=O)O)[C@@H]1CCOc1ccccc1OC. The number of ether oxygens (including phenoxy) is 4. The van der Waals surface area contributed by atoms with Crippen LogP contribution in [0.25, 0.3) is 0 Å². The van der Waals surface area contributed by atoms with Crippen molar-refractivity contribution in [2.75, 3.05) is 67.3 Å². The third-order valence-corrected chi connectivity index (χ3v) is 8.10. The third kappa shape index (κ3) is 7.86. The van der Waals surface area contributed by atoms with Gasteiger partial charge in [0.25, 0.3) is 0 Å². The van der Waals surface area contributed by atoms with Gasteiger partial charge in [0.15, 0.2) is 23.0 Å². The van der Waals surface area contributed by atoms with E-state index in [1.165, 1.54) is 0 Å². The number of carbonyl (C=O) groups excluding carboxylic acids is 1. The molecule has 4 rings (SSSR count). The van der Waals surface area contributed by atoms with E-state index in [0.29, 0.717) is 49.1 Å². The van der Waals surface area contributed by atoms with Crippen LogP contribution < -0.4 is 18.9 Å². The van der Waals surface area contributed by atoms with Gasteiger partial charge in [-0.3, -0.25) is 14.5 Å². The number of likely N-dealkylation sites (tertiary alicyclic amines) is 1. The molecular weight excluding hydrogens is 538 g/mol. The van der Waals surface area contributed by atoms with Gasteiger partial charge in [0.2, 0.25) is 12.7 Å². The summed E-state index contributed by atoms with van der Waals surface area (Å²) < 4.78 is 22.5. The number of hydrogen-bond donors (Lipinski definition) is 1. The minimum Gasteiger partial charge on any atom is -0.493 e. The Labute approximate surface area is 249 Å². The molecule has 1 N–H and O–H groups in total. The molecule has 10 heteroatoms. The fourth-order valence-electron chi connectivity index (χ4n) is 5.92. The van der Waals surface area contributed by atoms with E-state index in [4.69, 9.17) is 18.9 Å². The number of fused-ring (bicyclic) bond motifs is 1. The maximum absolute atomic E-state index is 13.7. The normalized spacial score (nSPS) is 19.7. The van der Waals surface area contributed by atoms with Gasteiger partial charge < -0.3 is 33.9 Å². The quantitative estimate of drug-likeness (QED) is 0.315. The Balaban J connectivity index is 1.56. The lowest BCUT2D eigenvalue weighted by atomic mass is 9.84. The number of benzene rings is 2. The first-order chi connectivity index (χ1) is 20.3. The summed E-state index contributed by atoms with van der Waals surface area (Å²) in [4.78, 5) is 32.7. The Morgan fingerprint density at radius 1 is 1.02 bits per heavy atom. The third-order valence-electron chi connectivity index (χ3n) is 8.10. The minimum absolute atomic E-state index is 0.0355. The van der Waals surface area contributed by atoms with Gasteiger partial charge in [-0.25, -0.2) is 0 Å². The van der Waals surface area contributed by atoms with Crippen molar-refractivity contribution in [2.24, 2.45) is 5.92 Å². The number of aliphatic carboxylic acids is 1. The first-order valence-corrected chi connectivity index (χ1v) is 14.9. The molecule has 1 unspecified atom stereocenters. The van der Waals surface area contributed by atoms with Crippen LogP contribution in [0, 0.1) is 5.92 Å². The van der Waals surface area contributed by atoms with Crippen LogP contribution in [0.2, 0.25) is 0 Å². The Kier molecular flexibility index (Phi) is 11.3. The lowest BCUT2D eigenvalue weighted by Gasteiger charge is -2.30. The largest absolute Gasteiger partial charge is 0.493 e. The van der Waals surface area contributed by atoms with Crippen LogP contribution in [0.1, 0.15) is 44.1 Å². The number of carboxylic acid groups (broad SMARTS) is 1. The first-order valence-electron chi connectivity index (χ1n) is 14.9. The van der Waals surface area contributed by atoms with E-state index in [-0.39, 0.29) is 31.8 Å². The molecule has 0 spiro atoms. The Hall–Kier alpha value is -3.50. The molecule has 2 aromatic carbocycles. The van der Waals surface area contributed by atoms with Crippen molar-refractivity contribution in [3.63, 3.8) is 0 Å². The van der Waals surface area contributed by atoms with Crippen LogP contribution in [0.3, 0.4) is 0 Å². The van der Waals surface area contributed by atoms with Gasteiger partial charge in [0, 0.05) is 31.6 Å². The maximum atomic E-state index is 13.7. The van der Waals surface area contributed by atoms with Crippen molar-refractivity contribution < 1.29 is 33.6 Å². The number of hydrogen-bond acceptors (Lipinski definition) is 8. The molecule has 3 atom stereocenters. The van der Waals surface area contributed by atoms with E-state index in [1.54, 1.807) is 7.11 Å². The summed E-state index contributed by atoms with van der Waals surface area (Å²) in [7, 11) is 5.65. The molecule has 1 saturated heterocycles. The van der Waals surface area contributed by atoms with E-state index in [2.05, 4.69) is 11.8 Å². The summed E-state index contributed by atoms with van der Waals surface area (Å²) in [6.45, 7) is 5.44. The van der Waals surface area contributed by atoms with Gasteiger partial charge in [-0.2, -0.15) is 0 Å². The van der Waals surface area contributed by atoms with Crippen molar-refractivity contribution in [3.8, 4) is 23.0 Å². The molecule has 0 saturated carbocycles. The molecule has 0 aromatic heterocycles. The van der Waals surface area contributed by atoms with Crippen LogP contribution >= 0.6 is 0 Å². The summed E-state index contributed by atoms with van der Waals surface area (Å²) in [5.74, 6) is 0.600. The predicted molar refractivity (Wildman–Crippen MR) is 160 cm³/mol. The van der Waals surface area contributed by atoms with Crippen LogP contribution in [-0.2, 0) is 9.59 Å². The molecule has 2 heterocycles. The predicted octanol–water partition coefficient (Wildman–Crippen LogP) is 3.94. The second-order valence-corrected chi connectivity index (χ2v) is 11.3. The summed E-state index contributed by atoms with van der Waals surface area (Å²) in [5, 5.41) is 10.5. The molecule has 230 valence electrons. The van der Waals surface area contributed by atoms with Crippen LogP contribution in [-0.4, -0.2) is 105 Å². The Morgan fingerprint density at radius 3 is 2.48 bits per heavy atom. The molecule has 0 radical (unpaired) electrons. The molecule has 2 aliphatic heterocycles. The first kappa shape index (κ1) is 31.4. The number of carboxylic acids is 1. The second kappa shape index (κ2) is 15.1. The highest BCUT2D eigenvalue weighted by atomic mass is 16.7. The standard InChI is InChI=1S/C32H45N3O7/c1-5-6-16-34(17-9-15-33(2)3)30(36)21-35-20-24(23-12-13-28-29(19-23)42-22-41-28)31(32(37)38)25(35)14-18-40-27-11-8-7-10-26(27)39-4/h7-8,10-13,19,24-25,31H,5-6,9,14-18,20-22H2,1-4H3,(H,37,38)/t24-,25+,31?/m1/s1. The average molecular weight is 584 g/mol. The van der Waals surface area contributed by atoms with Crippen molar-refractivity contribution in [1.82, 2.24) is 14.7 Å². The van der Waals surface area contributed by atoms with Crippen LogP contribution in [0.15, 0.2) is 42.5 Å². The fraction of sp³-hybridized carbons (Fsp3) is 0.562. The number of amides is 1. The highest BCUT2D eigenvalue weighted by Gasteiger charge is 2.47. The smallest absolute Gasteiger partial charge is 0.308 e. The van der Waals surface area contributed by atoms with Crippen molar-refractivity contribution in [1.29, 1.82) is 0 Å². The number of unbranched alkanes of at least 4 members (excludes halogenated alkanes) is 1. The van der Waals surface area contributed by atoms with Gasteiger partial charge in [0.1, 0.15) is 0 Å². The molecule has 2 aliphatic rings. The number of carbonyl (C=O) groups is 2. The van der Waals surface area contributed by atoms with Crippen LogP contribution in [0.4, 0.5) is 0 Å². The number of rotatable bonds is 16. The van der Waals surface area contributed by atoms with Crippen molar-refractivity contribution in [2.45, 2.75) is 44.6 Å². The molecule has 42 heavy (non-hydrogen) atoms. The van der Waals surface area contributed by atoms with E-state index in [0.717, 1.165) is 31.4 Å². The second-order valence-electron chi connectivity index (χ2n) is 11.3. The highest BCUT2D eigenvalue weighted by molar-refractivity contribution is 5.79. The molecule has 0 aliphatic carbocycles. The summed E-state index contributed by atoms with van der Waals surface area (Å²) in [6.07, 6.45) is 3.26. The summed E-state index contributed by atoms with van der Waals surface area (Å²) >= 11 is 0. The Morgan fingerprint density at radius 2 is 1.76 bits per heavy atom. The Bertz CT molecular complexity index is 1190. The zero-order valence-electron chi connectivity index (χ0n) is 25.3. The summed E-state index contributed by atoms with van der Waals surface area (Å²) in [5.41, 5.74) is 0.867. The number of para-hydroxylation sites is 2. The highest BCUT2D eigenvalue weighted by Crippen LogP contribution is 2.43. The van der Waals surface area contributed by atoms with Crippen LogP contribution in [0.5, 0.6) is 23.0 Å². The van der Waals surface area contributed by atoms with E-state index >= 15 is 0 Å². The number of methoxy groups -OCH3 is 1. The topological polar surface area (TPSA) is 101 Å². The lowest BCUT2D eigenvalue weighted by molar-refractivity contribution is -0.144.